The van der Waals surface area contributed by atoms with Gasteiger partial charge in [-0.3, -0.25) is 9.78 Å². The van der Waals surface area contributed by atoms with Crippen molar-refractivity contribution in [2.45, 2.75) is 33.2 Å². The lowest BCUT2D eigenvalue weighted by atomic mass is 10.0. The summed E-state index contributed by atoms with van der Waals surface area (Å²) in [6.45, 7) is 5.84. The first kappa shape index (κ1) is 18.2. The fourth-order valence-electron chi connectivity index (χ4n) is 3.60. The number of rotatable bonds is 3. The maximum absolute atomic E-state index is 12.5. The van der Waals surface area contributed by atoms with E-state index in [9.17, 15) is 14.7 Å². The first-order valence-corrected chi connectivity index (χ1v) is 9.76. The van der Waals surface area contributed by atoms with Crippen molar-refractivity contribution < 1.29 is 5.11 Å². The Balaban J connectivity index is 1.80. The molecule has 3 aromatic rings. The van der Waals surface area contributed by atoms with Crippen LogP contribution in [0.25, 0.3) is 5.69 Å². The number of H-pyrrole nitrogens is 1. The van der Waals surface area contributed by atoms with Crippen LogP contribution < -0.4 is 16.7 Å². The summed E-state index contributed by atoms with van der Waals surface area (Å²) in [5.74, 6) is -0.400. The van der Waals surface area contributed by atoms with Crippen LogP contribution in [-0.4, -0.2) is 20.4 Å². The number of aromatic nitrogens is 2. The number of aryl methyl sites for hydroxylation is 3. The van der Waals surface area contributed by atoms with E-state index >= 15 is 0 Å². The molecule has 1 aliphatic heterocycles. The minimum Gasteiger partial charge on any atom is -0.493 e. The molecule has 0 amide bonds. The van der Waals surface area contributed by atoms with Gasteiger partial charge in [-0.15, -0.1) is 11.3 Å². The predicted octanol–water partition coefficient (Wildman–Crippen LogP) is 2.66. The lowest BCUT2D eigenvalue weighted by molar-refractivity contribution is 0.429. The summed E-state index contributed by atoms with van der Waals surface area (Å²) in [4.78, 5) is 28.4. The second kappa shape index (κ2) is 6.79. The Morgan fingerprint density at radius 2 is 1.89 bits per heavy atom. The first-order valence-electron chi connectivity index (χ1n) is 8.88. The second-order valence-electron chi connectivity index (χ2n) is 7.05. The van der Waals surface area contributed by atoms with E-state index in [1.165, 1.54) is 0 Å². The van der Waals surface area contributed by atoms with Gasteiger partial charge >= 0.3 is 5.69 Å². The summed E-state index contributed by atoms with van der Waals surface area (Å²) in [5, 5.41) is 17.1. The van der Waals surface area contributed by atoms with E-state index in [-0.39, 0.29) is 11.6 Å². The van der Waals surface area contributed by atoms with E-state index < -0.39 is 17.1 Å². The van der Waals surface area contributed by atoms with E-state index in [1.54, 1.807) is 23.5 Å². The van der Waals surface area contributed by atoms with Gasteiger partial charge in [-0.1, -0.05) is 6.07 Å². The molecular weight excluding hydrogens is 376 g/mol. The van der Waals surface area contributed by atoms with Gasteiger partial charge in [-0.05, 0) is 61.0 Å². The van der Waals surface area contributed by atoms with Gasteiger partial charge in [0.25, 0.3) is 5.56 Å². The molecule has 0 aliphatic carbocycles. The standard InChI is InChI=1S/C20H20N4O3S/c1-10-6-11(2)8-13(7-10)24-19(26)16(18(25)21-20(24)27)14-9-15(23-22-14)17-12(3)4-5-28-17/h4-8,15,23,26H,9H2,1-3H3,(H,21,25,27)/t15-/m0/s1. The van der Waals surface area contributed by atoms with Crippen LogP contribution in [0.3, 0.4) is 0 Å². The van der Waals surface area contributed by atoms with Gasteiger partial charge in [0.2, 0.25) is 5.88 Å². The molecule has 3 N–H and O–H groups in total. The normalized spacial score (nSPS) is 16.1. The van der Waals surface area contributed by atoms with E-state index in [4.69, 9.17) is 0 Å². The molecular formula is C20H20N4O3S. The number of benzene rings is 1. The summed E-state index contributed by atoms with van der Waals surface area (Å²) < 4.78 is 1.11. The smallest absolute Gasteiger partial charge is 0.335 e. The highest BCUT2D eigenvalue weighted by Crippen LogP contribution is 2.31. The highest BCUT2D eigenvalue weighted by molar-refractivity contribution is 7.10. The number of thiophene rings is 1. The molecule has 0 radical (unpaired) electrons. The van der Waals surface area contributed by atoms with Crippen molar-refractivity contribution in [1.29, 1.82) is 0 Å². The zero-order valence-electron chi connectivity index (χ0n) is 15.7. The molecule has 0 spiro atoms. The second-order valence-corrected chi connectivity index (χ2v) is 8.00. The lowest BCUT2D eigenvalue weighted by Gasteiger charge is -2.13. The Morgan fingerprint density at radius 3 is 2.54 bits per heavy atom. The summed E-state index contributed by atoms with van der Waals surface area (Å²) in [6.07, 6.45) is 0.447. The van der Waals surface area contributed by atoms with Crippen molar-refractivity contribution in [3.05, 3.63) is 77.6 Å². The van der Waals surface area contributed by atoms with E-state index in [1.807, 2.05) is 38.3 Å². The van der Waals surface area contributed by atoms with Crippen LogP contribution in [0, 0.1) is 20.8 Å². The first-order chi connectivity index (χ1) is 13.3. The van der Waals surface area contributed by atoms with Gasteiger partial charge < -0.3 is 10.5 Å². The number of aromatic hydroxyl groups is 1. The molecule has 0 fully saturated rings. The molecule has 1 aromatic carbocycles. The van der Waals surface area contributed by atoms with E-state index in [0.717, 1.165) is 26.1 Å². The Hall–Kier alpha value is -3.13. The minimum atomic E-state index is -0.687. The topological polar surface area (TPSA) is 99.5 Å². The van der Waals surface area contributed by atoms with Gasteiger partial charge in [0.1, 0.15) is 5.56 Å². The minimum absolute atomic E-state index is 0.0166. The monoisotopic (exact) mass is 396 g/mol. The number of aromatic amines is 1. The van der Waals surface area contributed by atoms with Gasteiger partial charge in [0.05, 0.1) is 17.4 Å². The number of hydrogen-bond donors (Lipinski definition) is 3. The third kappa shape index (κ3) is 3.05. The van der Waals surface area contributed by atoms with Crippen molar-refractivity contribution in [2.75, 3.05) is 0 Å². The zero-order chi connectivity index (χ0) is 20.0. The summed E-state index contributed by atoms with van der Waals surface area (Å²) in [5.41, 5.74) is 5.69. The summed E-state index contributed by atoms with van der Waals surface area (Å²) in [7, 11) is 0. The quantitative estimate of drug-likeness (QED) is 0.634. The molecule has 28 heavy (non-hydrogen) atoms. The average Bonchev–Trinajstić information content (AvgIpc) is 3.22. The van der Waals surface area contributed by atoms with Gasteiger partial charge in [-0.2, -0.15) is 5.10 Å². The molecule has 0 bridgehead atoms. The van der Waals surface area contributed by atoms with Crippen molar-refractivity contribution in [3.8, 4) is 11.6 Å². The third-order valence-corrected chi connectivity index (χ3v) is 5.94. The van der Waals surface area contributed by atoms with Crippen LogP contribution >= 0.6 is 11.3 Å². The molecule has 3 heterocycles. The third-order valence-electron chi connectivity index (χ3n) is 4.81. The van der Waals surface area contributed by atoms with Crippen molar-refractivity contribution in [1.82, 2.24) is 15.0 Å². The molecule has 144 valence electrons. The highest BCUT2D eigenvalue weighted by Gasteiger charge is 2.28. The number of hydrogen-bond acceptors (Lipinski definition) is 6. The Bertz CT molecular complexity index is 1200. The summed E-state index contributed by atoms with van der Waals surface area (Å²) >= 11 is 1.62. The van der Waals surface area contributed by atoms with Crippen LogP contribution in [0.2, 0.25) is 0 Å². The van der Waals surface area contributed by atoms with E-state index in [0.29, 0.717) is 17.8 Å². The SMILES string of the molecule is Cc1cc(C)cc(-n2c(O)c(C3=NN[C@H](c4sccc4C)C3)c(=O)[nH]c2=O)c1. The van der Waals surface area contributed by atoms with Gasteiger partial charge in [0.15, 0.2) is 0 Å². The zero-order valence-corrected chi connectivity index (χ0v) is 16.6. The highest BCUT2D eigenvalue weighted by atomic mass is 32.1. The number of nitrogens with one attached hydrogen (secondary N) is 2. The number of nitrogens with zero attached hydrogens (tertiary/aromatic N) is 2. The van der Waals surface area contributed by atoms with Crippen LogP contribution in [0.1, 0.15) is 39.6 Å². The maximum Gasteiger partial charge on any atom is 0.335 e. The molecule has 0 unspecified atom stereocenters. The molecule has 2 aromatic heterocycles. The summed E-state index contributed by atoms with van der Waals surface area (Å²) in [6, 6.07) is 7.50. The fourth-order valence-corrected chi connectivity index (χ4v) is 4.57. The molecule has 4 rings (SSSR count). The van der Waals surface area contributed by atoms with Crippen molar-refractivity contribution >= 4 is 17.0 Å². The molecule has 7 nitrogen and oxygen atoms in total. The Labute approximate surface area is 165 Å². The molecule has 1 atom stereocenters. The average molecular weight is 396 g/mol. The van der Waals surface area contributed by atoms with E-state index in [2.05, 4.69) is 15.5 Å². The van der Waals surface area contributed by atoms with Crippen molar-refractivity contribution in [2.24, 2.45) is 5.10 Å². The van der Waals surface area contributed by atoms with Gasteiger partial charge in [-0.25, -0.2) is 9.36 Å². The van der Waals surface area contributed by atoms with Crippen LogP contribution in [0.15, 0.2) is 44.3 Å². The largest absolute Gasteiger partial charge is 0.493 e. The maximum atomic E-state index is 12.5. The number of hydrazone groups is 1. The van der Waals surface area contributed by atoms with Crippen LogP contribution in [0.5, 0.6) is 5.88 Å². The lowest BCUT2D eigenvalue weighted by Crippen LogP contribution is -2.33. The predicted molar refractivity (Wildman–Crippen MR) is 110 cm³/mol. The molecule has 0 saturated carbocycles. The Morgan fingerprint density at radius 1 is 1.18 bits per heavy atom. The molecule has 1 aliphatic rings. The van der Waals surface area contributed by atoms with Crippen LogP contribution in [0.4, 0.5) is 0 Å². The van der Waals surface area contributed by atoms with Gasteiger partial charge in [0, 0.05) is 11.3 Å². The molecule has 8 heteroatoms. The fraction of sp³-hybridized carbons (Fsp3) is 0.250. The Kier molecular flexibility index (Phi) is 4.43. The molecule has 0 saturated heterocycles. The van der Waals surface area contributed by atoms with Crippen molar-refractivity contribution in [3.63, 3.8) is 0 Å². The van der Waals surface area contributed by atoms with Crippen LogP contribution in [-0.2, 0) is 0 Å².